The Kier molecular flexibility index (Phi) is 4.99. The smallest absolute Gasteiger partial charge is 0.223 e. The van der Waals surface area contributed by atoms with Gasteiger partial charge in [-0.15, -0.1) is 11.3 Å². The quantitative estimate of drug-likeness (QED) is 0.658. The largest absolute Gasteiger partial charge is 0.337 e. The Bertz CT molecular complexity index is 969. The molecule has 1 amide bonds. The average molecular weight is 384 g/mol. The Balaban J connectivity index is 1.42. The second-order valence-electron chi connectivity index (χ2n) is 6.59. The first-order chi connectivity index (χ1) is 13.1. The van der Waals surface area contributed by atoms with Gasteiger partial charge in [0.15, 0.2) is 0 Å². The SMILES string of the molecule is O=C(CCc1ccc(F)cc1)N1CCc2nc(-c3cccc(F)c3)sc2C1. The number of thiazole rings is 1. The summed E-state index contributed by atoms with van der Waals surface area (Å²) in [6.45, 7) is 1.19. The van der Waals surface area contributed by atoms with E-state index in [9.17, 15) is 13.6 Å². The highest BCUT2D eigenvalue weighted by atomic mass is 32.1. The van der Waals surface area contributed by atoms with E-state index >= 15 is 0 Å². The topological polar surface area (TPSA) is 33.2 Å². The average Bonchev–Trinajstić information content (AvgIpc) is 3.11. The second kappa shape index (κ2) is 7.56. The van der Waals surface area contributed by atoms with Crippen LogP contribution in [0.4, 0.5) is 8.78 Å². The van der Waals surface area contributed by atoms with Crippen molar-refractivity contribution >= 4 is 17.2 Å². The Hall–Kier alpha value is -2.60. The van der Waals surface area contributed by atoms with E-state index in [2.05, 4.69) is 4.98 Å². The van der Waals surface area contributed by atoms with Crippen LogP contribution in [-0.4, -0.2) is 22.3 Å². The van der Waals surface area contributed by atoms with Crippen LogP contribution in [0.1, 0.15) is 22.6 Å². The lowest BCUT2D eigenvalue weighted by Crippen LogP contribution is -2.35. The number of benzene rings is 2. The Labute approximate surface area is 160 Å². The minimum atomic E-state index is -0.279. The summed E-state index contributed by atoms with van der Waals surface area (Å²) in [6, 6.07) is 12.7. The molecular weight excluding hydrogens is 366 g/mol. The number of halogens is 2. The molecule has 0 radical (unpaired) electrons. The van der Waals surface area contributed by atoms with Crippen molar-refractivity contribution in [2.45, 2.75) is 25.8 Å². The minimum absolute atomic E-state index is 0.0886. The van der Waals surface area contributed by atoms with Crippen LogP contribution in [0.5, 0.6) is 0 Å². The molecule has 6 heteroatoms. The summed E-state index contributed by atoms with van der Waals surface area (Å²) in [7, 11) is 0. The summed E-state index contributed by atoms with van der Waals surface area (Å²) >= 11 is 1.52. The number of fused-ring (bicyclic) bond motifs is 1. The first-order valence-electron chi connectivity index (χ1n) is 8.85. The lowest BCUT2D eigenvalue weighted by atomic mass is 10.1. The van der Waals surface area contributed by atoms with Gasteiger partial charge in [-0.05, 0) is 36.2 Å². The van der Waals surface area contributed by atoms with Crippen LogP contribution in [0.25, 0.3) is 10.6 Å². The van der Waals surface area contributed by atoms with E-state index < -0.39 is 0 Å². The molecule has 4 rings (SSSR count). The van der Waals surface area contributed by atoms with Crippen molar-refractivity contribution < 1.29 is 13.6 Å². The van der Waals surface area contributed by atoms with E-state index in [4.69, 9.17) is 0 Å². The molecule has 0 saturated carbocycles. The predicted molar refractivity (Wildman–Crippen MR) is 101 cm³/mol. The van der Waals surface area contributed by atoms with Gasteiger partial charge >= 0.3 is 0 Å². The van der Waals surface area contributed by atoms with Crippen molar-refractivity contribution in [3.8, 4) is 10.6 Å². The molecule has 0 spiro atoms. The number of aromatic nitrogens is 1. The molecular formula is C21H18F2N2OS. The third-order valence-electron chi connectivity index (χ3n) is 4.70. The first kappa shape index (κ1) is 17.8. The number of aryl methyl sites for hydroxylation is 1. The fourth-order valence-corrected chi connectivity index (χ4v) is 4.33. The van der Waals surface area contributed by atoms with E-state index in [-0.39, 0.29) is 17.5 Å². The molecule has 0 N–H and O–H groups in total. The minimum Gasteiger partial charge on any atom is -0.337 e. The van der Waals surface area contributed by atoms with Crippen molar-refractivity contribution in [3.63, 3.8) is 0 Å². The summed E-state index contributed by atoms with van der Waals surface area (Å²) in [6.07, 6.45) is 1.71. The zero-order chi connectivity index (χ0) is 18.8. The molecule has 0 unspecified atom stereocenters. The van der Waals surface area contributed by atoms with Gasteiger partial charge in [0, 0.05) is 29.8 Å². The van der Waals surface area contributed by atoms with E-state index in [0.29, 0.717) is 32.4 Å². The fraction of sp³-hybridized carbons (Fsp3) is 0.238. The molecule has 0 fully saturated rings. The van der Waals surface area contributed by atoms with Crippen molar-refractivity contribution in [1.29, 1.82) is 0 Å². The molecule has 3 aromatic rings. The number of hydrogen-bond acceptors (Lipinski definition) is 3. The lowest BCUT2D eigenvalue weighted by molar-refractivity contribution is -0.132. The van der Waals surface area contributed by atoms with Crippen LogP contribution in [0.2, 0.25) is 0 Å². The van der Waals surface area contributed by atoms with Gasteiger partial charge in [-0.2, -0.15) is 0 Å². The van der Waals surface area contributed by atoms with Crippen molar-refractivity contribution in [2.24, 2.45) is 0 Å². The number of rotatable bonds is 4. The number of hydrogen-bond donors (Lipinski definition) is 0. The Morgan fingerprint density at radius 1 is 1.11 bits per heavy atom. The lowest BCUT2D eigenvalue weighted by Gasteiger charge is -2.26. The maximum atomic E-state index is 13.5. The Morgan fingerprint density at radius 3 is 2.70 bits per heavy atom. The summed E-state index contributed by atoms with van der Waals surface area (Å²) in [5.41, 5.74) is 2.72. The van der Waals surface area contributed by atoms with Crippen LogP contribution in [0.15, 0.2) is 48.5 Å². The molecule has 138 valence electrons. The number of nitrogens with zero attached hydrogens (tertiary/aromatic N) is 2. The molecule has 0 saturated heterocycles. The second-order valence-corrected chi connectivity index (χ2v) is 7.67. The van der Waals surface area contributed by atoms with Crippen molar-refractivity contribution in [2.75, 3.05) is 6.54 Å². The summed E-state index contributed by atoms with van der Waals surface area (Å²) in [5, 5.41) is 0.792. The van der Waals surface area contributed by atoms with Gasteiger partial charge in [-0.1, -0.05) is 24.3 Å². The van der Waals surface area contributed by atoms with Gasteiger partial charge in [0.05, 0.1) is 12.2 Å². The fourth-order valence-electron chi connectivity index (χ4n) is 3.21. The molecule has 2 aromatic carbocycles. The third kappa shape index (κ3) is 4.06. The number of amides is 1. The summed E-state index contributed by atoms with van der Waals surface area (Å²) in [4.78, 5) is 20.1. The van der Waals surface area contributed by atoms with Gasteiger partial charge in [-0.3, -0.25) is 4.79 Å². The standard InChI is InChI=1S/C21H18F2N2OS/c22-16-7-4-14(5-8-16)6-9-20(26)25-11-10-18-19(13-25)27-21(24-18)15-2-1-3-17(23)12-15/h1-5,7-8,12H,6,9-11,13H2. The molecule has 0 bridgehead atoms. The highest BCUT2D eigenvalue weighted by molar-refractivity contribution is 7.15. The maximum Gasteiger partial charge on any atom is 0.223 e. The zero-order valence-corrected chi connectivity index (χ0v) is 15.4. The highest BCUT2D eigenvalue weighted by Crippen LogP contribution is 2.32. The number of carbonyl (C=O) groups is 1. The van der Waals surface area contributed by atoms with Crippen LogP contribution in [0.3, 0.4) is 0 Å². The van der Waals surface area contributed by atoms with Gasteiger partial charge < -0.3 is 4.90 Å². The van der Waals surface area contributed by atoms with Crippen LogP contribution >= 0.6 is 11.3 Å². The molecule has 3 nitrogen and oxygen atoms in total. The molecule has 1 aliphatic rings. The van der Waals surface area contributed by atoms with Gasteiger partial charge in [-0.25, -0.2) is 13.8 Å². The monoisotopic (exact) mass is 384 g/mol. The predicted octanol–water partition coefficient (Wildman–Crippen LogP) is 4.61. The van der Waals surface area contributed by atoms with Crippen molar-refractivity contribution in [1.82, 2.24) is 9.88 Å². The molecule has 0 atom stereocenters. The molecule has 1 aromatic heterocycles. The van der Waals surface area contributed by atoms with E-state index in [1.165, 1.54) is 35.6 Å². The van der Waals surface area contributed by atoms with Gasteiger partial charge in [0.2, 0.25) is 5.91 Å². The third-order valence-corrected chi connectivity index (χ3v) is 5.83. The van der Waals surface area contributed by atoms with E-state index in [0.717, 1.165) is 26.7 Å². The molecule has 27 heavy (non-hydrogen) atoms. The zero-order valence-electron chi connectivity index (χ0n) is 14.6. The maximum absolute atomic E-state index is 13.5. The van der Waals surface area contributed by atoms with Gasteiger partial charge in [0.25, 0.3) is 0 Å². The van der Waals surface area contributed by atoms with Crippen LogP contribution < -0.4 is 0 Å². The summed E-state index contributed by atoms with van der Waals surface area (Å²) in [5.74, 6) is -0.461. The molecule has 0 aliphatic carbocycles. The first-order valence-corrected chi connectivity index (χ1v) is 9.67. The molecule has 1 aliphatic heterocycles. The normalized spacial score (nSPS) is 13.5. The highest BCUT2D eigenvalue weighted by Gasteiger charge is 2.24. The van der Waals surface area contributed by atoms with Gasteiger partial charge in [0.1, 0.15) is 16.6 Å². The van der Waals surface area contributed by atoms with Crippen LogP contribution in [0, 0.1) is 11.6 Å². The Morgan fingerprint density at radius 2 is 1.93 bits per heavy atom. The summed E-state index contributed by atoms with van der Waals surface area (Å²) < 4.78 is 26.4. The van der Waals surface area contributed by atoms with E-state index in [1.807, 2.05) is 11.0 Å². The van der Waals surface area contributed by atoms with Crippen LogP contribution in [-0.2, 0) is 24.2 Å². The number of carbonyl (C=O) groups excluding carboxylic acids is 1. The van der Waals surface area contributed by atoms with Crippen molar-refractivity contribution in [3.05, 3.63) is 76.3 Å². The molecule has 2 heterocycles. The van der Waals surface area contributed by atoms with E-state index in [1.54, 1.807) is 18.2 Å².